The van der Waals surface area contributed by atoms with E-state index in [1.807, 2.05) is 42.3 Å². The van der Waals surface area contributed by atoms with Crippen molar-refractivity contribution in [2.75, 3.05) is 11.9 Å². The molecule has 2 atom stereocenters. The van der Waals surface area contributed by atoms with E-state index in [2.05, 4.69) is 12.2 Å². The number of carbonyl (C=O) groups excluding carboxylic acids is 1. The molecule has 1 aromatic carbocycles. The number of hydrogen-bond donors (Lipinski definition) is 1. The molecule has 1 heterocycles. The van der Waals surface area contributed by atoms with E-state index in [4.69, 9.17) is 0 Å². The molecule has 3 nitrogen and oxygen atoms in total. The van der Waals surface area contributed by atoms with Gasteiger partial charge in [0.2, 0.25) is 5.91 Å². The average molecular weight is 241 g/mol. The molecule has 0 aliphatic carbocycles. The van der Waals surface area contributed by atoms with Crippen molar-refractivity contribution in [1.82, 2.24) is 5.32 Å². The normalized spacial score (nSPS) is 24.4. The highest BCUT2D eigenvalue weighted by atomic mass is 35.5. The number of halogens is 1. The summed E-state index contributed by atoms with van der Waals surface area (Å²) in [4.78, 5) is 13.9. The fourth-order valence-electron chi connectivity index (χ4n) is 2.14. The Hall–Kier alpha value is -1.06. The Morgan fingerprint density at radius 2 is 1.94 bits per heavy atom. The van der Waals surface area contributed by atoms with Gasteiger partial charge in [-0.15, -0.1) is 12.4 Å². The van der Waals surface area contributed by atoms with Gasteiger partial charge in [-0.2, -0.15) is 0 Å². The molecule has 0 unspecified atom stereocenters. The van der Waals surface area contributed by atoms with Gasteiger partial charge < -0.3 is 10.2 Å². The van der Waals surface area contributed by atoms with Crippen LogP contribution in [0.1, 0.15) is 13.3 Å². The van der Waals surface area contributed by atoms with E-state index in [-0.39, 0.29) is 30.4 Å². The molecule has 1 aliphatic heterocycles. The summed E-state index contributed by atoms with van der Waals surface area (Å²) in [5.74, 6) is 0.177. The molecule has 0 aromatic heterocycles. The summed E-state index contributed by atoms with van der Waals surface area (Å²) in [7, 11) is 1.84. The van der Waals surface area contributed by atoms with Crippen molar-refractivity contribution >= 4 is 24.0 Å². The molecule has 1 amide bonds. The van der Waals surface area contributed by atoms with Gasteiger partial charge in [-0.25, -0.2) is 0 Å². The zero-order valence-electron chi connectivity index (χ0n) is 9.51. The van der Waals surface area contributed by atoms with Crippen molar-refractivity contribution in [2.24, 2.45) is 0 Å². The molecule has 1 aromatic rings. The van der Waals surface area contributed by atoms with Crippen molar-refractivity contribution in [3.63, 3.8) is 0 Å². The first kappa shape index (κ1) is 13.0. The van der Waals surface area contributed by atoms with Gasteiger partial charge in [0, 0.05) is 11.7 Å². The smallest absolute Gasteiger partial charge is 0.244 e. The number of para-hydroxylation sites is 1. The molecular weight excluding hydrogens is 224 g/mol. The Kier molecular flexibility index (Phi) is 4.33. The molecular formula is C12H17ClN2O. The van der Waals surface area contributed by atoms with E-state index >= 15 is 0 Å². The van der Waals surface area contributed by atoms with Crippen LogP contribution in [0, 0.1) is 0 Å². The number of nitrogens with zero attached hydrogens (tertiary/aromatic N) is 1. The first-order chi connectivity index (χ1) is 7.24. The Balaban J connectivity index is 0.00000128. The second-order valence-corrected chi connectivity index (χ2v) is 3.97. The Morgan fingerprint density at radius 1 is 1.31 bits per heavy atom. The summed E-state index contributed by atoms with van der Waals surface area (Å²) in [5.41, 5.74) is 0.993. The van der Waals surface area contributed by atoms with Crippen molar-refractivity contribution in [3.8, 4) is 0 Å². The zero-order chi connectivity index (χ0) is 10.8. The minimum Gasteiger partial charge on any atom is -0.309 e. The summed E-state index contributed by atoms with van der Waals surface area (Å²) >= 11 is 0. The second kappa shape index (κ2) is 5.32. The molecule has 1 saturated heterocycles. The van der Waals surface area contributed by atoms with Gasteiger partial charge in [0.05, 0.1) is 6.04 Å². The number of carbonyl (C=O) groups is 1. The van der Waals surface area contributed by atoms with Crippen molar-refractivity contribution in [3.05, 3.63) is 30.3 Å². The molecule has 4 heteroatoms. The lowest BCUT2D eigenvalue weighted by Gasteiger charge is -2.21. The van der Waals surface area contributed by atoms with E-state index < -0.39 is 0 Å². The van der Waals surface area contributed by atoms with Crippen LogP contribution in [0.2, 0.25) is 0 Å². The quantitative estimate of drug-likeness (QED) is 0.856. The van der Waals surface area contributed by atoms with Crippen LogP contribution >= 0.6 is 12.4 Å². The van der Waals surface area contributed by atoms with Crippen LogP contribution in [0.4, 0.5) is 5.69 Å². The van der Waals surface area contributed by atoms with Crippen LogP contribution in [0.5, 0.6) is 0 Å². The maximum absolute atomic E-state index is 12.0. The molecule has 1 fully saturated rings. The van der Waals surface area contributed by atoms with Gasteiger partial charge in [-0.1, -0.05) is 18.2 Å². The zero-order valence-corrected chi connectivity index (χ0v) is 10.3. The lowest BCUT2D eigenvalue weighted by atomic mass is 10.2. The maximum atomic E-state index is 12.0. The Labute approximate surface area is 102 Å². The number of anilines is 1. The lowest BCUT2D eigenvalue weighted by molar-refractivity contribution is -0.118. The van der Waals surface area contributed by atoms with E-state index in [1.54, 1.807) is 0 Å². The van der Waals surface area contributed by atoms with Crippen molar-refractivity contribution < 1.29 is 4.79 Å². The van der Waals surface area contributed by atoms with Crippen molar-refractivity contribution in [2.45, 2.75) is 25.4 Å². The van der Waals surface area contributed by atoms with Gasteiger partial charge in [0.25, 0.3) is 0 Å². The second-order valence-electron chi connectivity index (χ2n) is 3.97. The van der Waals surface area contributed by atoms with Gasteiger partial charge in [0.15, 0.2) is 0 Å². The van der Waals surface area contributed by atoms with Crippen LogP contribution in [0.25, 0.3) is 0 Å². The van der Waals surface area contributed by atoms with Gasteiger partial charge in [0.1, 0.15) is 0 Å². The average Bonchev–Trinajstić information content (AvgIpc) is 2.55. The van der Waals surface area contributed by atoms with Crippen LogP contribution < -0.4 is 10.2 Å². The lowest BCUT2D eigenvalue weighted by Crippen LogP contribution is -2.37. The summed E-state index contributed by atoms with van der Waals surface area (Å²) in [6.07, 6.45) is 0.879. The Bertz CT molecular complexity index is 355. The van der Waals surface area contributed by atoms with Gasteiger partial charge in [-0.3, -0.25) is 4.79 Å². The monoisotopic (exact) mass is 240 g/mol. The topological polar surface area (TPSA) is 32.3 Å². The summed E-state index contributed by atoms with van der Waals surface area (Å²) in [6, 6.07) is 10.1. The summed E-state index contributed by atoms with van der Waals surface area (Å²) < 4.78 is 0. The molecule has 0 radical (unpaired) electrons. The van der Waals surface area contributed by atoms with E-state index in [0.717, 1.165) is 12.1 Å². The highest BCUT2D eigenvalue weighted by Crippen LogP contribution is 2.25. The number of hydrogen-bond acceptors (Lipinski definition) is 2. The van der Waals surface area contributed by atoms with Crippen LogP contribution in [0.3, 0.4) is 0 Å². The predicted octanol–water partition coefficient (Wildman–Crippen LogP) is 1.82. The maximum Gasteiger partial charge on any atom is 0.244 e. The molecule has 1 N–H and O–H groups in total. The summed E-state index contributed by atoms with van der Waals surface area (Å²) in [6.45, 7) is 2.09. The largest absolute Gasteiger partial charge is 0.309 e. The third kappa shape index (κ3) is 2.20. The minimum atomic E-state index is -0.0276. The molecule has 88 valence electrons. The number of amides is 1. The summed E-state index contributed by atoms with van der Waals surface area (Å²) in [5, 5.41) is 3.05. The fourth-order valence-corrected chi connectivity index (χ4v) is 2.14. The molecule has 2 rings (SSSR count). The van der Waals surface area contributed by atoms with E-state index in [9.17, 15) is 4.79 Å². The third-order valence-electron chi connectivity index (χ3n) is 2.94. The van der Waals surface area contributed by atoms with Gasteiger partial charge >= 0.3 is 0 Å². The minimum absolute atomic E-state index is 0. The van der Waals surface area contributed by atoms with Crippen LogP contribution in [-0.2, 0) is 4.79 Å². The Morgan fingerprint density at radius 3 is 2.44 bits per heavy atom. The molecule has 1 aliphatic rings. The van der Waals surface area contributed by atoms with Crippen LogP contribution in [0.15, 0.2) is 30.3 Å². The standard InChI is InChI=1S/C12H16N2O.ClH/c1-9-8-11(13-2)12(15)14(9)10-6-4-3-5-7-10;/h3-7,9,11,13H,8H2,1-2H3;1H/t9-,11-;/m1./s1. The molecule has 0 bridgehead atoms. The number of nitrogens with one attached hydrogen (secondary N) is 1. The fraction of sp³-hybridized carbons (Fsp3) is 0.417. The predicted molar refractivity (Wildman–Crippen MR) is 68.1 cm³/mol. The van der Waals surface area contributed by atoms with Crippen molar-refractivity contribution in [1.29, 1.82) is 0 Å². The SMILES string of the molecule is CN[C@@H]1C[C@@H](C)N(c2ccccc2)C1=O.Cl. The van der Waals surface area contributed by atoms with E-state index in [1.165, 1.54) is 0 Å². The number of likely N-dealkylation sites (N-methyl/N-ethyl adjacent to an activating group) is 1. The third-order valence-corrected chi connectivity index (χ3v) is 2.94. The molecule has 0 saturated carbocycles. The number of benzene rings is 1. The molecule has 16 heavy (non-hydrogen) atoms. The highest BCUT2D eigenvalue weighted by Gasteiger charge is 2.36. The van der Waals surface area contributed by atoms with Gasteiger partial charge in [-0.05, 0) is 32.5 Å². The first-order valence-corrected chi connectivity index (χ1v) is 5.29. The van der Waals surface area contributed by atoms with Crippen LogP contribution in [-0.4, -0.2) is 25.0 Å². The first-order valence-electron chi connectivity index (χ1n) is 5.29. The van der Waals surface area contributed by atoms with E-state index in [0.29, 0.717) is 0 Å². The number of rotatable bonds is 2. The highest BCUT2D eigenvalue weighted by molar-refractivity contribution is 6.00. The molecule has 0 spiro atoms.